The van der Waals surface area contributed by atoms with E-state index in [1.165, 1.54) is 31.2 Å². The normalized spacial score (nSPS) is 12.7. The molecule has 0 amide bonds. The van der Waals surface area contributed by atoms with Gasteiger partial charge in [-0.15, -0.1) is 0 Å². The van der Waals surface area contributed by atoms with Crippen molar-refractivity contribution in [2.75, 3.05) is 5.33 Å². The highest BCUT2D eigenvalue weighted by Crippen LogP contribution is 2.25. The van der Waals surface area contributed by atoms with Gasteiger partial charge in [0.2, 0.25) is 0 Å². The van der Waals surface area contributed by atoms with E-state index in [0.717, 1.165) is 11.2 Å². The van der Waals surface area contributed by atoms with Crippen molar-refractivity contribution in [2.24, 2.45) is 0 Å². The van der Waals surface area contributed by atoms with Gasteiger partial charge in [0.15, 0.2) is 0 Å². The average Bonchev–Trinajstić information content (AvgIpc) is 2.25. The molecule has 1 heteroatoms. The van der Waals surface area contributed by atoms with E-state index in [-0.39, 0.29) is 0 Å². The Kier molecular flexibility index (Phi) is 5.93. The Labute approximate surface area is 95.9 Å². The molecule has 0 aliphatic carbocycles. The average molecular weight is 255 g/mol. The van der Waals surface area contributed by atoms with Crippen molar-refractivity contribution in [2.45, 2.75) is 38.5 Å². The topological polar surface area (TPSA) is 0 Å². The minimum Gasteiger partial charge on any atom is -0.0928 e. The summed E-state index contributed by atoms with van der Waals surface area (Å²) in [6.07, 6.45) is 5.22. The van der Waals surface area contributed by atoms with Crippen LogP contribution in [0.5, 0.6) is 0 Å². The third kappa shape index (κ3) is 3.83. The Morgan fingerprint density at radius 2 is 1.86 bits per heavy atom. The van der Waals surface area contributed by atoms with Crippen LogP contribution in [0.15, 0.2) is 30.3 Å². The molecule has 0 nitrogen and oxygen atoms in total. The van der Waals surface area contributed by atoms with E-state index in [0.29, 0.717) is 0 Å². The molecule has 0 aliphatic heterocycles. The van der Waals surface area contributed by atoms with Crippen molar-refractivity contribution in [1.82, 2.24) is 0 Å². The van der Waals surface area contributed by atoms with Gasteiger partial charge in [-0.3, -0.25) is 0 Å². The van der Waals surface area contributed by atoms with Gasteiger partial charge in [0.1, 0.15) is 0 Å². The van der Waals surface area contributed by atoms with Crippen molar-refractivity contribution in [3.05, 3.63) is 35.9 Å². The van der Waals surface area contributed by atoms with E-state index in [1.54, 1.807) is 0 Å². The molecule has 0 saturated heterocycles. The molecule has 14 heavy (non-hydrogen) atoms. The van der Waals surface area contributed by atoms with Crippen LogP contribution < -0.4 is 0 Å². The molecule has 78 valence electrons. The Bertz CT molecular complexity index is 230. The lowest BCUT2D eigenvalue weighted by molar-refractivity contribution is 0.574. The minimum absolute atomic E-state index is 0.746. The first-order valence-electron chi connectivity index (χ1n) is 5.49. The number of alkyl halides is 1. The molecule has 0 saturated carbocycles. The molecular formula is C13H19Br. The third-order valence-corrected chi connectivity index (χ3v) is 3.09. The van der Waals surface area contributed by atoms with Crippen molar-refractivity contribution >= 4 is 15.9 Å². The fourth-order valence-electron chi connectivity index (χ4n) is 1.79. The molecule has 1 aromatic carbocycles. The molecule has 0 heterocycles. The molecule has 0 aliphatic rings. The van der Waals surface area contributed by atoms with Gasteiger partial charge in [0, 0.05) is 5.33 Å². The van der Waals surface area contributed by atoms with E-state index >= 15 is 0 Å². The summed E-state index contributed by atoms with van der Waals surface area (Å²) in [5.74, 6) is 0.746. The lowest BCUT2D eigenvalue weighted by Gasteiger charge is -2.15. The van der Waals surface area contributed by atoms with E-state index in [9.17, 15) is 0 Å². The summed E-state index contributed by atoms with van der Waals surface area (Å²) >= 11 is 3.54. The molecule has 1 atom stereocenters. The zero-order valence-corrected chi connectivity index (χ0v) is 10.5. The van der Waals surface area contributed by atoms with Crippen molar-refractivity contribution < 1.29 is 0 Å². The van der Waals surface area contributed by atoms with Gasteiger partial charge >= 0.3 is 0 Å². The second kappa shape index (κ2) is 7.05. The van der Waals surface area contributed by atoms with Gasteiger partial charge < -0.3 is 0 Å². The first-order chi connectivity index (χ1) is 6.88. The Morgan fingerprint density at radius 3 is 2.43 bits per heavy atom. The Hall–Kier alpha value is -0.300. The zero-order chi connectivity index (χ0) is 10.2. The summed E-state index contributed by atoms with van der Waals surface area (Å²) in [5, 5.41) is 1.11. The largest absolute Gasteiger partial charge is 0.0928 e. The monoisotopic (exact) mass is 254 g/mol. The molecule has 0 spiro atoms. The Balaban J connectivity index is 2.58. The molecular weight excluding hydrogens is 236 g/mol. The number of unbranched alkanes of at least 4 members (excludes halogenated alkanes) is 1. The first-order valence-corrected chi connectivity index (χ1v) is 6.61. The van der Waals surface area contributed by atoms with E-state index in [4.69, 9.17) is 0 Å². The first kappa shape index (κ1) is 11.8. The maximum atomic E-state index is 3.54. The smallest absolute Gasteiger partial charge is 0.00371 e. The second-order valence-corrected chi connectivity index (χ2v) is 4.52. The number of hydrogen-bond acceptors (Lipinski definition) is 0. The number of hydrogen-bond donors (Lipinski definition) is 0. The third-order valence-electron chi connectivity index (χ3n) is 2.63. The quantitative estimate of drug-likeness (QED) is 0.644. The van der Waals surface area contributed by atoms with E-state index < -0.39 is 0 Å². The van der Waals surface area contributed by atoms with Crippen LogP contribution in [0.1, 0.15) is 44.1 Å². The van der Waals surface area contributed by atoms with Crippen LogP contribution in [0.4, 0.5) is 0 Å². The SMILES string of the molecule is CCCCC(CCBr)c1ccccc1. The van der Waals surface area contributed by atoms with Crippen LogP contribution in [0.3, 0.4) is 0 Å². The predicted octanol–water partition coefficient (Wildman–Crippen LogP) is 4.75. The van der Waals surface area contributed by atoms with E-state index in [2.05, 4.69) is 53.2 Å². The highest BCUT2D eigenvalue weighted by atomic mass is 79.9. The summed E-state index contributed by atoms with van der Waals surface area (Å²) in [4.78, 5) is 0. The Morgan fingerprint density at radius 1 is 1.14 bits per heavy atom. The van der Waals surface area contributed by atoms with Gasteiger partial charge in [-0.2, -0.15) is 0 Å². The second-order valence-electron chi connectivity index (χ2n) is 3.73. The molecule has 0 aromatic heterocycles. The van der Waals surface area contributed by atoms with Gasteiger partial charge in [-0.25, -0.2) is 0 Å². The summed E-state index contributed by atoms with van der Waals surface area (Å²) in [7, 11) is 0. The van der Waals surface area contributed by atoms with Crippen LogP contribution in [-0.2, 0) is 0 Å². The summed E-state index contributed by atoms with van der Waals surface area (Å²) in [6.45, 7) is 2.26. The van der Waals surface area contributed by atoms with Crippen LogP contribution in [0.25, 0.3) is 0 Å². The number of rotatable bonds is 6. The standard InChI is InChI=1S/C13H19Br/c1-2-3-7-13(10-11-14)12-8-5-4-6-9-12/h4-6,8-9,13H,2-3,7,10-11H2,1H3. The van der Waals surface area contributed by atoms with Crippen LogP contribution >= 0.6 is 15.9 Å². The maximum absolute atomic E-state index is 3.54. The lowest BCUT2D eigenvalue weighted by atomic mass is 9.91. The van der Waals surface area contributed by atoms with Gasteiger partial charge in [-0.05, 0) is 24.3 Å². The van der Waals surface area contributed by atoms with E-state index in [1.807, 2.05) is 0 Å². The predicted molar refractivity (Wildman–Crippen MR) is 67.1 cm³/mol. The highest BCUT2D eigenvalue weighted by Gasteiger charge is 2.09. The lowest BCUT2D eigenvalue weighted by Crippen LogP contribution is -1.99. The molecule has 0 N–H and O–H groups in total. The van der Waals surface area contributed by atoms with Gasteiger partial charge in [0.25, 0.3) is 0 Å². The molecule has 1 rings (SSSR count). The molecule has 0 radical (unpaired) electrons. The number of benzene rings is 1. The summed E-state index contributed by atoms with van der Waals surface area (Å²) in [6, 6.07) is 10.9. The van der Waals surface area contributed by atoms with Crippen LogP contribution in [0, 0.1) is 0 Å². The van der Waals surface area contributed by atoms with Crippen LogP contribution in [0.2, 0.25) is 0 Å². The van der Waals surface area contributed by atoms with Crippen LogP contribution in [-0.4, -0.2) is 5.33 Å². The fraction of sp³-hybridized carbons (Fsp3) is 0.538. The zero-order valence-electron chi connectivity index (χ0n) is 8.88. The molecule has 0 bridgehead atoms. The van der Waals surface area contributed by atoms with Crippen molar-refractivity contribution in [1.29, 1.82) is 0 Å². The molecule has 1 aromatic rings. The summed E-state index contributed by atoms with van der Waals surface area (Å²) in [5.41, 5.74) is 1.50. The molecule has 1 unspecified atom stereocenters. The van der Waals surface area contributed by atoms with Gasteiger partial charge in [-0.1, -0.05) is 66.0 Å². The fourth-order valence-corrected chi connectivity index (χ4v) is 2.34. The van der Waals surface area contributed by atoms with Crippen molar-refractivity contribution in [3.63, 3.8) is 0 Å². The minimum atomic E-state index is 0.746. The molecule has 0 fully saturated rings. The summed E-state index contributed by atoms with van der Waals surface area (Å²) < 4.78 is 0. The maximum Gasteiger partial charge on any atom is 0.00371 e. The number of halogens is 1. The van der Waals surface area contributed by atoms with Gasteiger partial charge in [0.05, 0.1) is 0 Å². The van der Waals surface area contributed by atoms with Crippen molar-refractivity contribution in [3.8, 4) is 0 Å². The highest BCUT2D eigenvalue weighted by molar-refractivity contribution is 9.09.